The molecule has 5 rings (SSSR count). The molecule has 1 aliphatic heterocycles. The molecule has 0 aliphatic carbocycles. The number of rotatable bonds is 12. The van der Waals surface area contributed by atoms with Gasteiger partial charge in [-0.25, -0.2) is 19.2 Å². The lowest BCUT2D eigenvalue weighted by Gasteiger charge is -2.20. The van der Waals surface area contributed by atoms with Gasteiger partial charge in [-0.15, -0.1) is 12.4 Å². The van der Waals surface area contributed by atoms with Crippen molar-refractivity contribution >= 4 is 42.6 Å². The zero-order chi connectivity index (χ0) is 41.3. The van der Waals surface area contributed by atoms with Gasteiger partial charge in [-0.3, -0.25) is 4.79 Å². The third-order valence-corrected chi connectivity index (χ3v) is 8.16. The van der Waals surface area contributed by atoms with E-state index in [4.69, 9.17) is 24.1 Å². The highest BCUT2D eigenvalue weighted by Crippen LogP contribution is 2.50. The number of carboxylic acids is 2. The van der Waals surface area contributed by atoms with Gasteiger partial charge in [-0.1, -0.05) is 30.3 Å². The molecule has 4 aromatic carbocycles. The maximum atomic E-state index is 12.9. The van der Waals surface area contributed by atoms with Crippen LogP contribution in [-0.4, -0.2) is 64.2 Å². The van der Waals surface area contributed by atoms with Gasteiger partial charge >= 0.3 is 30.1 Å². The molecule has 1 aliphatic rings. The molecule has 302 valence electrons. The van der Waals surface area contributed by atoms with E-state index in [1.54, 1.807) is 0 Å². The van der Waals surface area contributed by atoms with E-state index in [9.17, 15) is 52.5 Å². The summed E-state index contributed by atoms with van der Waals surface area (Å²) in [5.41, 5.74) is -1.48. The first-order valence-electron chi connectivity index (χ1n) is 16.4. The van der Waals surface area contributed by atoms with Crippen molar-refractivity contribution in [3.05, 3.63) is 117 Å². The van der Waals surface area contributed by atoms with E-state index in [-0.39, 0.29) is 47.2 Å². The van der Waals surface area contributed by atoms with Crippen LogP contribution >= 0.6 is 12.4 Å². The lowest BCUT2D eigenvalue weighted by atomic mass is 10.0. The Labute approximate surface area is 328 Å². The average Bonchev–Trinajstić information content (AvgIpc) is 3.29. The molecule has 0 saturated heterocycles. The number of aromatic hydroxyl groups is 2. The van der Waals surface area contributed by atoms with Gasteiger partial charge < -0.3 is 44.7 Å². The molecule has 0 bridgehead atoms. The number of ether oxygens (including phenoxy) is 4. The number of halogens is 4. The maximum absolute atomic E-state index is 12.9. The van der Waals surface area contributed by atoms with Gasteiger partial charge in [-0.2, -0.15) is 13.2 Å². The monoisotopic (exact) mass is 817 g/mol. The SMILES string of the molecule is CNCCC(Oc1ccc(C(F)(F)F)cc1)c1ccccc1.Cc1cc(O)c(C=O)c2c1C(=O)Oc1c(COC(=O)C=CC(=O)O)c(O)c(C(=O)O)c(C)c1O2.Cl. The molecule has 5 N–H and O–H groups in total. The summed E-state index contributed by atoms with van der Waals surface area (Å²) in [6, 6.07) is 15.6. The van der Waals surface area contributed by atoms with Crippen molar-refractivity contribution < 1.29 is 76.5 Å². The highest BCUT2D eigenvalue weighted by molar-refractivity contribution is 6.03. The van der Waals surface area contributed by atoms with Crippen LogP contribution < -0.4 is 19.5 Å². The highest BCUT2D eigenvalue weighted by atomic mass is 35.5. The third kappa shape index (κ3) is 10.8. The number of aromatic carboxylic acids is 1. The summed E-state index contributed by atoms with van der Waals surface area (Å²) < 4.78 is 59.5. The smallest absolute Gasteiger partial charge is 0.416 e. The quantitative estimate of drug-likeness (QED) is 0.0418. The van der Waals surface area contributed by atoms with Gasteiger partial charge in [0.1, 0.15) is 41.1 Å². The number of aryl methyl sites for hydroxylation is 1. The lowest BCUT2D eigenvalue weighted by Crippen LogP contribution is -2.16. The van der Waals surface area contributed by atoms with Crippen LogP contribution in [0.15, 0.2) is 72.8 Å². The Kier molecular flexibility index (Phi) is 15.2. The lowest BCUT2D eigenvalue weighted by molar-refractivity contribution is -0.140. The summed E-state index contributed by atoms with van der Waals surface area (Å²) in [7, 11) is 1.85. The minimum Gasteiger partial charge on any atom is -0.507 e. The number of carboxylic acid groups (broad SMARTS) is 2. The molecule has 0 spiro atoms. The number of benzene rings is 4. The number of aliphatic carboxylic acids is 1. The molecule has 57 heavy (non-hydrogen) atoms. The molecule has 0 radical (unpaired) electrons. The van der Waals surface area contributed by atoms with Crippen molar-refractivity contribution in [3.63, 3.8) is 0 Å². The van der Waals surface area contributed by atoms with Crippen molar-refractivity contribution in [2.75, 3.05) is 13.6 Å². The zero-order valence-electron chi connectivity index (χ0n) is 30.2. The fourth-order valence-corrected chi connectivity index (χ4v) is 5.44. The molecule has 0 amide bonds. The van der Waals surface area contributed by atoms with Crippen molar-refractivity contribution in [1.29, 1.82) is 0 Å². The van der Waals surface area contributed by atoms with Gasteiger partial charge in [0.2, 0.25) is 0 Å². The third-order valence-electron chi connectivity index (χ3n) is 8.16. The van der Waals surface area contributed by atoms with Gasteiger partial charge in [0.25, 0.3) is 0 Å². The molecule has 0 fully saturated rings. The number of carbonyl (C=O) groups is 5. The predicted octanol–water partition coefficient (Wildman–Crippen LogP) is 7.09. The molecule has 1 atom stereocenters. The number of hydrogen-bond donors (Lipinski definition) is 5. The van der Waals surface area contributed by atoms with Crippen LogP contribution in [0.2, 0.25) is 0 Å². The van der Waals surface area contributed by atoms with E-state index in [0.717, 1.165) is 36.7 Å². The minimum atomic E-state index is -4.33. The van der Waals surface area contributed by atoms with Crippen LogP contribution in [0.5, 0.6) is 34.5 Å². The number of fused-ring (bicyclic) bond motifs is 2. The number of phenols is 2. The fourth-order valence-electron chi connectivity index (χ4n) is 5.44. The maximum Gasteiger partial charge on any atom is 0.416 e. The molecule has 14 nitrogen and oxygen atoms in total. The second kappa shape index (κ2) is 19.3. The van der Waals surface area contributed by atoms with Crippen molar-refractivity contribution in [1.82, 2.24) is 5.32 Å². The first kappa shape index (κ1) is 44.8. The summed E-state index contributed by atoms with van der Waals surface area (Å²) in [5, 5.41) is 42.0. The summed E-state index contributed by atoms with van der Waals surface area (Å²) in [6.45, 7) is 2.58. The molecule has 0 saturated carbocycles. The summed E-state index contributed by atoms with van der Waals surface area (Å²) in [4.78, 5) is 58.6. The first-order chi connectivity index (χ1) is 26.5. The van der Waals surface area contributed by atoms with E-state index < -0.39 is 81.9 Å². The molecule has 1 heterocycles. The van der Waals surface area contributed by atoms with Crippen LogP contribution in [0, 0.1) is 13.8 Å². The van der Waals surface area contributed by atoms with Crippen LogP contribution in [-0.2, 0) is 27.1 Å². The van der Waals surface area contributed by atoms with Crippen molar-refractivity contribution in [2.24, 2.45) is 0 Å². The Balaban J connectivity index is 0.000000328. The number of aldehydes is 1. The Hall–Kier alpha value is -6.59. The molecular formula is C39H35ClF3NO13. The first-order valence-corrected chi connectivity index (χ1v) is 16.4. The van der Waals surface area contributed by atoms with E-state index >= 15 is 0 Å². The Morgan fingerprint density at radius 3 is 2.14 bits per heavy atom. The topological polar surface area (TPSA) is 215 Å². The van der Waals surface area contributed by atoms with E-state index in [0.29, 0.717) is 17.9 Å². The Morgan fingerprint density at radius 2 is 1.58 bits per heavy atom. The number of hydrogen-bond acceptors (Lipinski definition) is 12. The van der Waals surface area contributed by atoms with Gasteiger partial charge in [0.05, 0.1) is 16.7 Å². The zero-order valence-corrected chi connectivity index (χ0v) is 31.0. The van der Waals surface area contributed by atoms with Gasteiger partial charge in [0, 0.05) is 24.1 Å². The van der Waals surface area contributed by atoms with E-state index in [1.807, 2.05) is 37.4 Å². The van der Waals surface area contributed by atoms with Gasteiger partial charge in [0.15, 0.2) is 23.5 Å². The Morgan fingerprint density at radius 1 is 0.930 bits per heavy atom. The highest BCUT2D eigenvalue weighted by Gasteiger charge is 2.36. The van der Waals surface area contributed by atoms with Crippen molar-refractivity contribution in [3.8, 4) is 34.5 Å². The summed E-state index contributed by atoms with van der Waals surface area (Å²) in [6.07, 6.45) is -2.50. The van der Waals surface area contributed by atoms with E-state index in [2.05, 4.69) is 5.32 Å². The normalized spacial score (nSPS) is 12.2. The minimum absolute atomic E-state index is 0. The second-order valence-electron chi connectivity index (χ2n) is 11.9. The molecule has 0 aromatic heterocycles. The number of phenolic OH excluding ortho intramolecular Hbond substituents is 1. The second-order valence-corrected chi connectivity index (χ2v) is 11.9. The molecule has 4 aromatic rings. The molecule has 18 heteroatoms. The van der Waals surface area contributed by atoms with Crippen LogP contribution in [0.1, 0.15) is 71.4 Å². The van der Waals surface area contributed by atoms with Crippen LogP contribution in [0.3, 0.4) is 0 Å². The molecule has 1 unspecified atom stereocenters. The number of alkyl halides is 3. The largest absolute Gasteiger partial charge is 0.507 e. The fraction of sp³-hybridized carbons (Fsp3) is 0.205. The van der Waals surface area contributed by atoms with Crippen LogP contribution in [0.4, 0.5) is 13.2 Å². The Bertz CT molecular complexity index is 2170. The summed E-state index contributed by atoms with van der Waals surface area (Å²) >= 11 is 0. The predicted molar refractivity (Wildman–Crippen MR) is 197 cm³/mol. The van der Waals surface area contributed by atoms with Crippen molar-refractivity contribution in [2.45, 2.75) is 39.2 Å². The number of esters is 2. The number of nitrogens with one attached hydrogen (secondary N) is 1. The average molecular weight is 818 g/mol. The summed E-state index contributed by atoms with van der Waals surface area (Å²) in [5.74, 6) is -7.48. The number of carbonyl (C=O) groups excluding carboxylic acids is 3. The molecular weight excluding hydrogens is 783 g/mol. The van der Waals surface area contributed by atoms with E-state index in [1.165, 1.54) is 26.0 Å². The van der Waals surface area contributed by atoms with Gasteiger partial charge in [-0.05, 0) is 68.9 Å². The standard InChI is InChI=1S/C22H16O12.C17H18F3NO.ClH/c1-8-5-12(24)10(6-23)19-15(8)22(31)34-20-11(7-32-14(27)4-3-13(25)26)17(28)16(21(29)30)9(2)18(20)33-19;1-21-12-11-16(13-5-3-2-4-6-13)22-15-9-7-14(8-10-15)17(18,19)20;/h3-6,24,28H,7H2,1-2H3,(H,25,26)(H,29,30);2-10,16,21H,11-12H2,1H3;1H. The van der Waals surface area contributed by atoms with Crippen LogP contribution in [0.25, 0.3) is 0 Å².